The Morgan fingerprint density at radius 2 is 2.05 bits per heavy atom. The Balaban J connectivity index is 1.94. The molecule has 1 aromatic carbocycles. The van der Waals surface area contributed by atoms with E-state index in [1.54, 1.807) is 13.8 Å². The highest BCUT2D eigenvalue weighted by atomic mass is 35.5. The second kappa shape index (κ2) is 6.67. The van der Waals surface area contributed by atoms with Gasteiger partial charge in [0.2, 0.25) is 0 Å². The topological polar surface area (TPSA) is 52.6 Å². The molecule has 0 aliphatic carbocycles. The third kappa shape index (κ3) is 3.78. The average Bonchev–Trinajstić information content (AvgIpc) is 2.64. The minimum Gasteiger partial charge on any atom is -0.324 e. The van der Waals surface area contributed by atoms with Crippen LogP contribution < -0.4 is 5.32 Å². The zero-order valence-electron chi connectivity index (χ0n) is 13.2. The lowest BCUT2D eigenvalue weighted by Crippen LogP contribution is -2.41. The molecule has 1 aliphatic heterocycles. The number of hydrogen-bond donors (Lipinski definition) is 1. The number of imide groups is 1. The first-order chi connectivity index (χ1) is 10.3. The molecule has 1 fully saturated rings. The molecule has 1 aliphatic rings. The Bertz CT molecular complexity index is 574. The molecule has 0 spiro atoms. The third-order valence-corrected chi connectivity index (χ3v) is 4.06. The van der Waals surface area contributed by atoms with Gasteiger partial charge in [-0.2, -0.15) is 0 Å². The van der Waals surface area contributed by atoms with E-state index in [0.29, 0.717) is 18.1 Å². The van der Waals surface area contributed by atoms with E-state index in [2.05, 4.69) is 17.1 Å². The van der Waals surface area contributed by atoms with Crippen LogP contribution in [0.4, 0.5) is 4.79 Å². The molecule has 0 aromatic heterocycles. The minimum atomic E-state index is -0.804. The smallest absolute Gasteiger partial charge is 0.324 e. The van der Waals surface area contributed by atoms with Crippen molar-refractivity contribution in [3.05, 3.63) is 34.9 Å². The number of carbonyl (C=O) groups is 2. The SMILES string of the molecule is CCN(CCN1C(=O)NC(C)(C)C1=O)Cc1cccc(Cl)c1. The maximum absolute atomic E-state index is 12.1. The summed E-state index contributed by atoms with van der Waals surface area (Å²) in [5.74, 6) is -0.170. The van der Waals surface area contributed by atoms with Crippen molar-refractivity contribution in [2.75, 3.05) is 19.6 Å². The predicted octanol–water partition coefficient (Wildman–Crippen LogP) is 2.49. The fourth-order valence-electron chi connectivity index (χ4n) is 2.50. The Morgan fingerprint density at radius 1 is 1.32 bits per heavy atom. The standard InChI is InChI=1S/C16H22ClN3O2/c1-4-19(11-12-6-5-7-13(17)10-12)8-9-20-14(21)16(2,3)18-15(20)22/h5-7,10H,4,8-9,11H2,1-3H3,(H,18,22). The molecule has 6 heteroatoms. The maximum Gasteiger partial charge on any atom is 0.325 e. The van der Waals surface area contributed by atoms with Crippen molar-refractivity contribution < 1.29 is 9.59 Å². The maximum atomic E-state index is 12.1. The molecule has 0 saturated carbocycles. The Labute approximate surface area is 136 Å². The van der Waals surface area contributed by atoms with Crippen LogP contribution in [0.15, 0.2) is 24.3 Å². The van der Waals surface area contributed by atoms with Gasteiger partial charge in [-0.3, -0.25) is 14.6 Å². The summed E-state index contributed by atoms with van der Waals surface area (Å²) in [4.78, 5) is 27.5. The van der Waals surface area contributed by atoms with Crippen LogP contribution in [0.1, 0.15) is 26.3 Å². The predicted molar refractivity (Wildman–Crippen MR) is 86.7 cm³/mol. The van der Waals surface area contributed by atoms with Crippen LogP contribution in [0, 0.1) is 0 Å². The van der Waals surface area contributed by atoms with E-state index in [4.69, 9.17) is 11.6 Å². The largest absolute Gasteiger partial charge is 0.325 e. The molecular formula is C16H22ClN3O2. The minimum absolute atomic E-state index is 0.170. The lowest BCUT2D eigenvalue weighted by Gasteiger charge is -2.23. The molecule has 1 heterocycles. The molecule has 1 saturated heterocycles. The average molecular weight is 324 g/mol. The van der Waals surface area contributed by atoms with Crippen LogP contribution in [-0.4, -0.2) is 46.9 Å². The highest BCUT2D eigenvalue weighted by Gasteiger charge is 2.43. The Morgan fingerprint density at radius 3 is 2.59 bits per heavy atom. The summed E-state index contributed by atoms with van der Waals surface area (Å²) < 4.78 is 0. The van der Waals surface area contributed by atoms with Gasteiger partial charge in [-0.15, -0.1) is 0 Å². The fraction of sp³-hybridized carbons (Fsp3) is 0.500. The van der Waals surface area contributed by atoms with Crippen molar-refractivity contribution in [3.63, 3.8) is 0 Å². The second-order valence-corrected chi connectivity index (χ2v) is 6.45. The molecule has 0 bridgehead atoms. The van der Waals surface area contributed by atoms with Gasteiger partial charge in [0.05, 0.1) is 0 Å². The van der Waals surface area contributed by atoms with Crippen molar-refractivity contribution in [1.82, 2.24) is 15.1 Å². The number of urea groups is 1. The number of nitrogens with zero attached hydrogens (tertiary/aromatic N) is 2. The van der Waals surface area contributed by atoms with E-state index in [9.17, 15) is 9.59 Å². The van der Waals surface area contributed by atoms with Crippen LogP contribution in [0.2, 0.25) is 5.02 Å². The number of benzene rings is 1. The van der Waals surface area contributed by atoms with Crippen LogP contribution in [-0.2, 0) is 11.3 Å². The molecule has 120 valence electrons. The summed E-state index contributed by atoms with van der Waals surface area (Å²) in [6.07, 6.45) is 0. The summed E-state index contributed by atoms with van der Waals surface area (Å²) in [6.45, 7) is 8.10. The first kappa shape index (κ1) is 16.8. The van der Waals surface area contributed by atoms with Crippen molar-refractivity contribution in [1.29, 1.82) is 0 Å². The van der Waals surface area contributed by atoms with Gasteiger partial charge in [0.25, 0.3) is 5.91 Å². The molecule has 1 aromatic rings. The first-order valence-electron chi connectivity index (χ1n) is 7.44. The molecule has 2 rings (SSSR count). The highest BCUT2D eigenvalue weighted by Crippen LogP contribution is 2.17. The number of likely N-dealkylation sites (N-methyl/N-ethyl adjacent to an activating group) is 1. The van der Waals surface area contributed by atoms with Crippen molar-refractivity contribution in [3.8, 4) is 0 Å². The van der Waals surface area contributed by atoms with E-state index in [1.807, 2.05) is 24.3 Å². The van der Waals surface area contributed by atoms with Gasteiger partial charge in [-0.05, 0) is 38.1 Å². The van der Waals surface area contributed by atoms with Gasteiger partial charge in [0.1, 0.15) is 5.54 Å². The van der Waals surface area contributed by atoms with Gasteiger partial charge < -0.3 is 5.32 Å². The normalized spacial score (nSPS) is 17.2. The summed E-state index contributed by atoms with van der Waals surface area (Å²) in [5.41, 5.74) is 0.313. The van der Waals surface area contributed by atoms with Crippen LogP contribution >= 0.6 is 11.6 Å². The molecule has 1 N–H and O–H groups in total. The number of carbonyl (C=O) groups excluding carboxylic acids is 2. The highest BCUT2D eigenvalue weighted by molar-refractivity contribution is 6.30. The molecule has 22 heavy (non-hydrogen) atoms. The van der Waals surface area contributed by atoms with Crippen LogP contribution in [0.5, 0.6) is 0 Å². The number of nitrogens with one attached hydrogen (secondary N) is 1. The number of halogens is 1. The van der Waals surface area contributed by atoms with E-state index < -0.39 is 5.54 Å². The molecule has 0 atom stereocenters. The lowest BCUT2D eigenvalue weighted by atomic mass is 10.1. The Kier molecular flexibility index (Phi) is 5.08. The van der Waals surface area contributed by atoms with E-state index >= 15 is 0 Å². The summed E-state index contributed by atoms with van der Waals surface area (Å²) in [5, 5.41) is 3.41. The number of rotatable bonds is 6. The zero-order chi connectivity index (χ0) is 16.3. The summed E-state index contributed by atoms with van der Waals surface area (Å²) in [7, 11) is 0. The van der Waals surface area contributed by atoms with Gasteiger partial charge in [-0.25, -0.2) is 4.79 Å². The first-order valence-corrected chi connectivity index (χ1v) is 7.82. The van der Waals surface area contributed by atoms with E-state index in [0.717, 1.165) is 18.7 Å². The van der Waals surface area contributed by atoms with Crippen molar-refractivity contribution >= 4 is 23.5 Å². The van der Waals surface area contributed by atoms with Gasteiger partial charge in [0, 0.05) is 24.7 Å². The molecular weight excluding hydrogens is 302 g/mol. The van der Waals surface area contributed by atoms with Gasteiger partial charge in [0.15, 0.2) is 0 Å². The fourth-order valence-corrected chi connectivity index (χ4v) is 2.72. The van der Waals surface area contributed by atoms with Gasteiger partial charge in [-0.1, -0.05) is 30.7 Å². The van der Waals surface area contributed by atoms with Crippen LogP contribution in [0.3, 0.4) is 0 Å². The van der Waals surface area contributed by atoms with Crippen molar-refractivity contribution in [2.45, 2.75) is 32.9 Å². The lowest BCUT2D eigenvalue weighted by molar-refractivity contribution is -0.130. The Hall–Kier alpha value is -1.59. The third-order valence-electron chi connectivity index (χ3n) is 3.83. The number of amides is 3. The monoisotopic (exact) mass is 323 g/mol. The molecule has 5 nitrogen and oxygen atoms in total. The molecule has 0 radical (unpaired) electrons. The zero-order valence-corrected chi connectivity index (χ0v) is 14.0. The van der Waals surface area contributed by atoms with E-state index in [-0.39, 0.29) is 11.9 Å². The van der Waals surface area contributed by atoms with Crippen molar-refractivity contribution in [2.24, 2.45) is 0 Å². The number of hydrogen-bond acceptors (Lipinski definition) is 3. The molecule has 0 unspecified atom stereocenters. The second-order valence-electron chi connectivity index (χ2n) is 6.01. The van der Waals surface area contributed by atoms with Crippen LogP contribution in [0.25, 0.3) is 0 Å². The summed E-state index contributed by atoms with van der Waals surface area (Å²) in [6, 6.07) is 7.41. The van der Waals surface area contributed by atoms with Gasteiger partial charge >= 0.3 is 6.03 Å². The molecule has 3 amide bonds. The van der Waals surface area contributed by atoms with E-state index in [1.165, 1.54) is 4.90 Å². The summed E-state index contributed by atoms with van der Waals surface area (Å²) >= 11 is 6.00. The quantitative estimate of drug-likeness (QED) is 0.818.